The van der Waals surface area contributed by atoms with E-state index in [1.54, 1.807) is 22.8 Å². The Morgan fingerprint density at radius 1 is 1.06 bits per heavy atom. The zero-order valence-corrected chi connectivity index (χ0v) is 19.2. The van der Waals surface area contributed by atoms with Crippen LogP contribution in [0.15, 0.2) is 57.7 Å². The number of hydrogen-bond donors (Lipinski definition) is 0. The molecule has 1 amide bonds. The van der Waals surface area contributed by atoms with Crippen LogP contribution >= 0.6 is 11.6 Å². The molecule has 1 unspecified atom stereocenters. The number of rotatable bonds is 7. The highest BCUT2D eigenvalue weighted by atomic mass is 35.5. The van der Waals surface area contributed by atoms with Crippen LogP contribution in [0.3, 0.4) is 0 Å². The molecule has 0 radical (unpaired) electrons. The topological polar surface area (TPSA) is 85.0 Å². The zero-order chi connectivity index (χ0) is 23.4. The molecule has 0 N–H and O–H groups in total. The van der Waals surface area contributed by atoms with Gasteiger partial charge in [-0.1, -0.05) is 35.9 Å². The Kier molecular flexibility index (Phi) is 7.15. The van der Waals surface area contributed by atoms with Gasteiger partial charge in [-0.25, -0.2) is 9.59 Å². The van der Waals surface area contributed by atoms with Gasteiger partial charge < -0.3 is 14.1 Å². The van der Waals surface area contributed by atoms with Crippen LogP contribution in [0, 0.1) is 0 Å². The standard InChI is InChI=1S/C24H26ClN3O5/c1-32-23(30)22(17-8-10-18(25)11-9-17)27-15-13-26(14-16-27)21(29)7-4-12-28-19-5-2-3-6-20(19)33-24(28)31/h2-3,5-6,8-11,22H,4,7,12-16H2,1H3. The molecule has 2 aromatic carbocycles. The number of hydrogen-bond acceptors (Lipinski definition) is 6. The van der Waals surface area contributed by atoms with E-state index in [0.29, 0.717) is 56.2 Å². The summed E-state index contributed by atoms with van der Waals surface area (Å²) in [5.74, 6) is -0.709. The average Bonchev–Trinajstić information content (AvgIpc) is 3.15. The molecule has 0 spiro atoms. The van der Waals surface area contributed by atoms with Gasteiger partial charge in [0.25, 0.3) is 0 Å². The SMILES string of the molecule is COC(=O)C(c1ccc(Cl)cc1)N1CCN(C(=O)CCCn2c(=O)oc3ccccc32)CC1. The number of nitrogens with zero attached hydrogens (tertiary/aromatic N) is 3. The lowest BCUT2D eigenvalue weighted by atomic mass is 10.0. The largest absolute Gasteiger partial charge is 0.468 e. The molecule has 1 aliphatic rings. The molecule has 0 aliphatic carbocycles. The molecule has 1 saturated heterocycles. The van der Waals surface area contributed by atoms with Crippen LogP contribution in [0.5, 0.6) is 0 Å². The summed E-state index contributed by atoms with van der Waals surface area (Å²) in [4.78, 5) is 41.1. The van der Waals surface area contributed by atoms with Gasteiger partial charge in [0.05, 0.1) is 12.6 Å². The van der Waals surface area contributed by atoms with Crippen LogP contribution in [-0.2, 0) is 20.9 Å². The number of piperazine rings is 1. The van der Waals surface area contributed by atoms with Crippen LogP contribution in [0.1, 0.15) is 24.4 Å². The van der Waals surface area contributed by atoms with E-state index >= 15 is 0 Å². The Labute approximate surface area is 196 Å². The maximum atomic E-state index is 12.7. The lowest BCUT2D eigenvalue weighted by Crippen LogP contribution is -2.51. The number of aryl methyl sites for hydroxylation is 1. The van der Waals surface area contributed by atoms with Gasteiger partial charge in [-0.15, -0.1) is 0 Å². The number of benzene rings is 2. The highest BCUT2D eigenvalue weighted by Gasteiger charge is 2.32. The van der Waals surface area contributed by atoms with Crippen LogP contribution < -0.4 is 5.76 Å². The molecule has 4 rings (SSSR count). The Morgan fingerprint density at radius 2 is 1.76 bits per heavy atom. The van der Waals surface area contributed by atoms with Gasteiger partial charge in [0.1, 0.15) is 6.04 Å². The molecule has 1 aromatic heterocycles. The number of methoxy groups -OCH3 is 1. The molecular weight excluding hydrogens is 446 g/mol. The van der Waals surface area contributed by atoms with Gasteiger partial charge in [-0.05, 0) is 36.2 Å². The fraction of sp³-hybridized carbons (Fsp3) is 0.375. The van der Waals surface area contributed by atoms with Gasteiger partial charge in [-0.2, -0.15) is 0 Å². The number of esters is 1. The first kappa shape index (κ1) is 23.1. The maximum Gasteiger partial charge on any atom is 0.419 e. The summed E-state index contributed by atoms with van der Waals surface area (Å²) in [6.45, 7) is 2.57. The first-order valence-electron chi connectivity index (χ1n) is 10.9. The van der Waals surface area contributed by atoms with E-state index in [2.05, 4.69) is 0 Å². The third-order valence-corrected chi connectivity index (χ3v) is 6.24. The number of aromatic nitrogens is 1. The van der Waals surface area contributed by atoms with Crippen molar-refractivity contribution in [3.8, 4) is 0 Å². The maximum absolute atomic E-state index is 12.7. The lowest BCUT2D eigenvalue weighted by Gasteiger charge is -2.38. The number of carbonyl (C=O) groups is 2. The van der Waals surface area contributed by atoms with Crippen molar-refractivity contribution in [2.75, 3.05) is 33.3 Å². The number of carbonyl (C=O) groups excluding carboxylic acids is 2. The Hall–Kier alpha value is -3.10. The molecule has 0 bridgehead atoms. The highest BCUT2D eigenvalue weighted by molar-refractivity contribution is 6.30. The van der Waals surface area contributed by atoms with Gasteiger partial charge in [0.15, 0.2) is 5.58 Å². The van der Waals surface area contributed by atoms with E-state index < -0.39 is 11.8 Å². The van der Waals surface area contributed by atoms with E-state index in [4.69, 9.17) is 20.8 Å². The normalized spacial score (nSPS) is 15.5. The van der Waals surface area contributed by atoms with Crippen molar-refractivity contribution in [2.24, 2.45) is 0 Å². The second kappa shape index (κ2) is 10.2. The summed E-state index contributed by atoms with van der Waals surface area (Å²) in [5, 5.41) is 0.600. The van der Waals surface area contributed by atoms with Crippen molar-refractivity contribution in [3.05, 3.63) is 69.7 Å². The third-order valence-electron chi connectivity index (χ3n) is 5.99. The smallest absolute Gasteiger partial charge is 0.419 e. The molecule has 174 valence electrons. The molecule has 1 fully saturated rings. The number of ether oxygens (including phenoxy) is 1. The van der Waals surface area contributed by atoms with Crippen LogP contribution in [-0.4, -0.2) is 59.5 Å². The number of amides is 1. The van der Waals surface area contributed by atoms with Crippen LogP contribution in [0.25, 0.3) is 11.1 Å². The molecule has 1 atom stereocenters. The van der Waals surface area contributed by atoms with E-state index in [-0.39, 0.29) is 11.9 Å². The first-order valence-corrected chi connectivity index (χ1v) is 11.3. The molecular formula is C24H26ClN3O5. The number of halogens is 1. The Bertz CT molecular complexity index is 1180. The van der Waals surface area contributed by atoms with Crippen molar-refractivity contribution >= 4 is 34.6 Å². The molecule has 8 nitrogen and oxygen atoms in total. The summed E-state index contributed by atoms with van der Waals surface area (Å²) < 4.78 is 11.8. The van der Waals surface area contributed by atoms with Gasteiger partial charge in [0, 0.05) is 44.2 Å². The molecule has 33 heavy (non-hydrogen) atoms. The molecule has 2 heterocycles. The fourth-order valence-corrected chi connectivity index (χ4v) is 4.38. The van der Waals surface area contributed by atoms with Gasteiger partial charge >= 0.3 is 11.7 Å². The van der Waals surface area contributed by atoms with Crippen molar-refractivity contribution in [1.82, 2.24) is 14.4 Å². The second-order valence-corrected chi connectivity index (χ2v) is 8.42. The minimum absolute atomic E-state index is 0.0385. The summed E-state index contributed by atoms with van der Waals surface area (Å²) in [6, 6.07) is 13.9. The quantitative estimate of drug-likeness (QED) is 0.492. The van der Waals surface area contributed by atoms with E-state index in [1.165, 1.54) is 7.11 Å². The Morgan fingerprint density at radius 3 is 2.45 bits per heavy atom. The van der Waals surface area contributed by atoms with Gasteiger partial charge in [-0.3, -0.25) is 14.3 Å². The summed E-state index contributed by atoms with van der Waals surface area (Å²) >= 11 is 5.98. The molecule has 0 saturated carbocycles. The van der Waals surface area contributed by atoms with Gasteiger partial charge in [0.2, 0.25) is 5.91 Å². The van der Waals surface area contributed by atoms with E-state index in [1.807, 2.05) is 40.1 Å². The van der Waals surface area contributed by atoms with Crippen molar-refractivity contribution in [2.45, 2.75) is 25.4 Å². The monoisotopic (exact) mass is 471 g/mol. The molecule has 3 aromatic rings. The predicted molar refractivity (Wildman–Crippen MR) is 124 cm³/mol. The van der Waals surface area contributed by atoms with Crippen molar-refractivity contribution in [1.29, 1.82) is 0 Å². The highest BCUT2D eigenvalue weighted by Crippen LogP contribution is 2.25. The summed E-state index contributed by atoms with van der Waals surface area (Å²) in [7, 11) is 1.37. The third kappa shape index (κ3) is 5.12. The number of para-hydroxylation sites is 2. The molecule has 1 aliphatic heterocycles. The van der Waals surface area contributed by atoms with Crippen molar-refractivity contribution in [3.63, 3.8) is 0 Å². The van der Waals surface area contributed by atoms with E-state index in [9.17, 15) is 14.4 Å². The van der Waals surface area contributed by atoms with Crippen molar-refractivity contribution < 1.29 is 18.7 Å². The van der Waals surface area contributed by atoms with Crippen LogP contribution in [0.2, 0.25) is 5.02 Å². The van der Waals surface area contributed by atoms with Crippen LogP contribution in [0.4, 0.5) is 0 Å². The zero-order valence-electron chi connectivity index (χ0n) is 18.4. The Balaban J connectivity index is 1.32. The lowest BCUT2D eigenvalue weighted by molar-refractivity contribution is -0.148. The minimum Gasteiger partial charge on any atom is -0.468 e. The minimum atomic E-state index is -0.536. The second-order valence-electron chi connectivity index (χ2n) is 7.98. The summed E-state index contributed by atoms with van der Waals surface area (Å²) in [5.41, 5.74) is 2.09. The molecule has 9 heteroatoms. The number of fused-ring (bicyclic) bond motifs is 1. The predicted octanol–water partition coefficient (Wildman–Crippen LogP) is 3.09. The average molecular weight is 472 g/mol. The first-order chi connectivity index (χ1) is 16.0. The number of oxazole rings is 1. The summed E-state index contributed by atoms with van der Waals surface area (Å²) in [6.07, 6.45) is 0.877. The van der Waals surface area contributed by atoms with E-state index in [0.717, 1.165) is 11.1 Å². The fourth-order valence-electron chi connectivity index (χ4n) is 4.25.